The third-order valence-corrected chi connectivity index (χ3v) is 7.39. The van der Waals surface area contributed by atoms with Gasteiger partial charge in [-0.05, 0) is 43.9 Å². The number of carbonyl (C=O) groups excluding carboxylic acids is 1. The van der Waals surface area contributed by atoms with Crippen molar-refractivity contribution in [1.82, 2.24) is 20.3 Å². The molecule has 188 valence electrons. The summed E-state index contributed by atoms with van der Waals surface area (Å²) in [5, 5.41) is 9.65. The van der Waals surface area contributed by atoms with Crippen molar-refractivity contribution in [3.63, 3.8) is 0 Å². The molecule has 1 saturated carbocycles. The molecule has 11 heteroatoms. The van der Waals surface area contributed by atoms with E-state index in [4.69, 9.17) is 14.2 Å². The first-order valence-corrected chi connectivity index (χ1v) is 12.0. The third-order valence-electron chi connectivity index (χ3n) is 7.39. The Bertz CT molecular complexity index is 1310. The second-order valence-corrected chi connectivity index (χ2v) is 9.65. The van der Waals surface area contributed by atoms with Crippen LogP contribution in [0.15, 0.2) is 30.5 Å². The number of pyridine rings is 3. The zero-order chi connectivity index (χ0) is 24.8. The molecular weight excluding hydrogens is 467 g/mol. The molecule has 36 heavy (non-hydrogen) atoms. The van der Waals surface area contributed by atoms with Gasteiger partial charge in [-0.2, -0.15) is 0 Å². The van der Waals surface area contributed by atoms with Crippen LogP contribution in [0.25, 0.3) is 11.0 Å². The van der Waals surface area contributed by atoms with Gasteiger partial charge in [0.2, 0.25) is 5.88 Å². The summed E-state index contributed by atoms with van der Waals surface area (Å²) in [4.78, 5) is 24.6. The van der Waals surface area contributed by atoms with E-state index in [2.05, 4.69) is 30.9 Å². The number of carbonyl (C=O) groups is 1. The molecule has 0 radical (unpaired) electrons. The number of hydrogen-bond acceptors (Lipinski definition) is 9. The molecule has 7 rings (SSSR count). The molecule has 0 aromatic carbocycles. The molecule has 1 aliphatic carbocycles. The van der Waals surface area contributed by atoms with Gasteiger partial charge in [0.1, 0.15) is 11.2 Å². The van der Waals surface area contributed by atoms with Crippen molar-refractivity contribution in [2.75, 3.05) is 37.5 Å². The number of rotatable bonds is 7. The topological polar surface area (TPSA) is 120 Å². The lowest BCUT2D eigenvalue weighted by Gasteiger charge is -2.53. The zero-order valence-electron chi connectivity index (χ0n) is 19.9. The van der Waals surface area contributed by atoms with Crippen LogP contribution in [0.1, 0.15) is 31.4 Å². The maximum atomic E-state index is 14.7. The summed E-state index contributed by atoms with van der Waals surface area (Å²) in [6, 6.07) is 7.20. The first-order valence-electron chi connectivity index (χ1n) is 12.0. The number of ether oxygens (including phenoxy) is 3. The first-order chi connectivity index (χ1) is 17.5. The number of amides is 1. The molecule has 2 saturated heterocycles. The highest BCUT2D eigenvalue weighted by molar-refractivity contribution is 5.94. The van der Waals surface area contributed by atoms with E-state index >= 15 is 0 Å². The van der Waals surface area contributed by atoms with Crippen LogP contribution in [0, 0.1) is 5.82 Å². The Morgan fingerprint density at radius 1 is 1.17 bits per heavy atom. The van der Waals surface area contributed by atoms with Crippen molar-refractivity contribution >= 4 is 28.4 Å². The Hall–Kier alpha value is -3.57. The summed E-state index contributed by atoms with van der Waals surface area (Å²) in [6.07, 6.45) is 4.77. The van der Waals surface area contributed by atoms with Gasteiger partial charge in [0.25, 0.3) is 5.91 Å². The fraction of sp³-hybridized carbons (Fsp3) is 0.440. The lowest BCUT2D eigenvalue weighted by molar-refractivity contribution is -0.154. The van der Waals surface area contributed by atoms with Crippen LogP contribution in [0.3, 0.4) is 0 Å². The molecule has 0 atom stereocenters. The van der Waals surface area contributed by atoms with Gasteiger partial charge < -0.3 is 30.2 Å². The molecule has 3 fully saturated rings. The minimum absolute atomic E-state index is 0.0120. The Morgan fingerprint density at radius 2 is 2.03 bits per heavy atom. The summed E-state index contributed by atoms with van der Waals surface area (Å²) in [5.74, 6) is 0.786. The average molecular weight is 495 g/mol. The smallest absolute Gasteiger partial charge is 0.263 e. The van der Waals surface area contributed by atoms with Gasteiger partial charge in [0.05, 0.1) is 36.7 Å². The van der Waals surface area contributed by atoms with Crippen LogP contribution in [0.5, 0.6) is 11.6 Å². The van der Waals surface area contributed by atoms with Gasteiger partial charge >= 0.3 is 0 Å². The molecule has 0 unspecified atom stereocenters. The molecule has 4 aliphatic rings. The number of anilines is 2. The summed E-state index contributed by atoms with van der Waals surface area (Å²) >= 11 is 0. The fourth-order valence-electron chi connectivity index (χ4n) is 5.16. The van der Waals surface area contributed by atoms with Gasteiger partial charge in [-0.25, -0.2) is 14.4 Å². The van der Waals surface area contributed by atoms with Crippen LogP contribution in [0.2, 0.25) is 0 Å². The van der Waals surface area contributed by atoms with E-state index in [-0.39, 0.29) is 23.7 Å². The van der Waals surface area contributed by atoms with Crippen molar-refractivity contribution in [3.8, 4) is 11.6 Å². The lowest BCUT2D eigenvalue weighted by Crippen LogP contribution is -2.63. The molecule has 3 aromatic rings. The van der Waals surface area contributed by atoms with E-state index in [1.807, 2.05) is 12.1 Å². The van der Waals surface area contributed by atoms with E-state index in [1.54, 1.807) is 12.1 Å². The van der Waals surface area contributed by atoms with Crippen LogP contribution in [-0.2, 0) is 16.1 Å². The Kier molecular flexibility index (Phi) is 5.60. The minimum Gasteiger partial charge on any atom is -0.481 e. The predicted octanol–water partition coefficient (Wildman–Crippen LogP) is 2.79. The van der Waals surface area contributed by atoms with E-state index in [9.17, 15) is 9.18 Å². The van der Waals surface area contributed by atoms with Gasteiger partial charge in [-0.1, -0.05) is 0 Å². The highest BCUT2D eigenvalue weighted by atomic mass is 19.1. The second kappa shape index (κ2) is 8.82. The zero-order valence-corrected chi connectivity index (χ0v) is 19.9. The number of fused-ring (bicyclic) bond motifs is 5. The lowest BCUT2D eigenvalue weighted by atomic mass is 9.71. The Labute approximate surface area is 207 Å². The van der Waals surface area contributed by atoms with E-state index in [1.165, 1.54) is 13.3 Å². The van der Waals surface area contributed by atoms with Gasteiger partial charge in [0, 0.05) is 24.7 Å². The largest absolute Gasteiger partial charge is 0.481 e. The van der Waals surface area contributed by atoms with Gasteiger partial charge in [0.15, 0.2) is 24.0 Å². The van der Waals surface area contributed by atoms with Crippen LogP contribution in [-0.4, -0.2) is 58.9 Å². The van der Waals surface area contributed by atoms with Crippen LogP contribution >= 0.6 is 0 Å². The summed E-state index contributed by atoms with van der Waals surface area (Å²) < 4.78 is 31.7. The third kappa shape index (κ3) is 4.18. The molecule has 0 spiro atoms. The van der Waals surface area contributed by atoms with Crippen molar-refractivity contribution in [1.29, 1.82) is 0 Å². The molecule has 1 amide bonds. The molecule has 3 aromatic heterocycles. The standard InChI is InChI=1S/C25H27FN6O4/c1-34-20-5-3-17-22(32-20)21(16(26)11-27-17)28-13-25-8-6-24(7-9-25,14-36-25)29-10-15-2-4-18-23(30-15)31-19(33)12-35-18/h2-5,11,29H,6-10,12-14H2,1H3,(H,27,28)(H,30,31,33). The Morgan fingerprint density at radius 3 is 2.81 bits per heavy atom. The normalized spacial score (nSPS) is 24.7. The molecular formula is C25H27FN6O4. The SMILES string of the molecule is COc1ccc2ncc(F)c(NCC34CCC(NCc5ccc6c(n5)NC(=O)CO6)(CC3)CO4)c2n1. The molecule has 2 bridgehead atoms. The summed E-state index contributed by atoms with van der Waals surface area (Å²) in [5.41, 5.74) is 1.66. The minimum atomic E-state index is -0.457. The van der Waals surface area contributed by atoms with E-state index in [0.29, 0.717) is 53.9 Å². The average Bonchev–Trinajstić information content (AvgIpc) is 2.92. The van der Waals surface area contributed by atoms with Gasteiger partial charge in [-0.15, -0.1) is 0 Å². The summed E-state index contributed by atoms with van der Waals surface area (Å²) in [6.45, 7) is 1.60. The maximum absolute atomic E-state index is 14.7. The maximum Gasteiger partial charge on any atom is 0.263 e. The highest BCUT2D eigenvalue weighted by Gasteiger charge is 2.49. The molecule has 3 aliphatic heterocycles. The number of methoxy groups -OCH3 is 1. The van der Waals surface area contributed by atoms with Crippen molar-refractivity contribution in [3.05, 3.63) is 42.0 Å². The quantitative estimate of drug-likeness (QED) is 0.455. The number of halogens is 1. The second-order valence-electron chi connectivity index (χ2n) is 9.65. The number of nitrogens with zero attached hydrogens (tertiary/aromatic N) is 3. The van der Waals surface area contributed by atoms with Crippen molar-refractivity contribution in [2.45, 2.75) is 43.4 Å². The number of nitrogens with one attached hydrogen (secondary N) is 3. The predicted molar refractivity (Wildman–Crippen MR) is 130 cm³/mol. The molecule has 3 N–H and O–H groups in total. The number of hydrogen-bond donors (Lipinski definition) is 3. The van der Waals surface area contributed by atoms with Crippen molar-refractivity contribution in [2.24, 2.45) is 0 Å². The summed E-state index contributed by atoms with van der Waals surface area (Å²) in [7, 11) is 1.53. The van der Waals surface area contributed by atoms with Gasteiger partial charge in [-0.3, -0.25) is 9.78 Å². The number of aromatic nitrogens is 3. The van der Waals surface area contributed by atoms with E-state index < -0.39 is 5.82 Å². The molecule has 10 nitrogen and oxygen atoms in total. The first kappa shape index (κ1) is 22.9. The Balaban J connectivity index is 1.10. The van der Waals surface area contributed by atoms with Crippen LogP contribution < -0.4 is 25.4 Å². The monoisotopic (exact) mass is 494 g/mol. The van der Waals surface area contributed by atoms with Crippen LogP contribution in [0.4, 0.5) is 15.9 Å². The van der Waals surface area contributed by atoms with E-state index in [0.717, 1.165) is 31.4 Å². The highest BCUT2D eigenvalue weighted by Crippen LogP contribution is 2.44. The fourth-order valence-corrected chi connectivity index (χ4v) is 5.16. The molecule has 6 heterocycles. The van der Waals surface area contributed by atoms with Crippen molar-refractivity contribution < 1.29 is 23.4 Å².